The van der Waals surface area contributed by atoms with Crippen LogP contribution in [0.1, 0.15) is 11.3 Å². The molecule has 0 radical (unpaired) electrons. The minimum atomic E-state index is -0.231. The van der Waals surface area contributed by atoms with E-state index in [2.05, 4.69) is 10.3 Å². The number of halogens is 1. The van der Waals surface area contributed by atoms with Crippen LogP contribution in [0.25, 0.3) is 10.9 Å². The number of para-hydroxylation sites is 2. The summed E-state index contributed by atoms with van der Waals surface area (Å²) in [5.74, 6) is -0.231. The summed E-state index contributed by atoms with van der Waals surface area (Å²) in [6.07, 6.45) is 0. The van der Waals surface area contributed by atoms with Crippen LogP contribution < -0.4 is 5.32 Å². The van der Waals surface area contributed by atoms with Gasteiger partial charge in [0.1, 0.15) is 5.82 Å². The number of nitrogens with zero attached hydrogens (tertiary/aromatic N) is 1. The van der Waals surface area contributed by atoms with E-state index in [0.29, 0.717) is 12.2 Å². The highest BCUT2D eigenvalue weighted by molar-refractivity contribution is 5.78. The van der Waals surface area contributed by atoms with E-state index >= 15 is 0 Å². The summed E-state index contributed by atoms with van der Waals surface area (Å²) in [5, 5.41) is 4.23. The number of hydrogen-bond acceptors (Lipinski definition) is 2. The zero-order chi connectivity index (χ0) is 13.9. The van der Waals surface area contributed by atoms with Crippen LogP contribution in [0.2, 0.25) is 0 Å². The Labute approximate surface area is 117 Å². The quantitative estimate of drug-likeness (QED) is 0.764. The van der Waals surface area contributed by atoms with Gasteiger partial charge >= 0.3 is 0 Å². The Morgan fingerprint density at radius 2 is 1.85 bits per heavy atom. The fourth-order valence-electron chi connectivity index (χ4n) is 2.24. The molecule has 0 saturated carbocycles. The number of rotatable bonds is 3. The van der Waals surface area contributed by atoms with E-state index in [9.17, 15) is 4.39 Å². The minimum Gasteiger partial charge on any atom is -0.377 e. The van der Waals surface area contributed by atoms with Crippen molar-refractivity contribution in [2.45, 2.75) is 13.5 Å². The van der Waals surface area contributed by atoms with Crippen LogP contribution in [0.4, 0.5) is 10.1 Å². The predicted molar refractivity (Wildman–Crippen MR) is 80.2 cm³/mol. The van der Waals surface area contributed by atoms with E-state index < -0.39 is 0 Å². The van der Waals surface area contributed by atoms with Crippen LogP contribution in [0.5, 0.6) is 0 Å². The van der Waals surface area contributed by atoms with Gasteiger partial charge in [0.15, 0.2) is 0 Å². The van der Waals surface area contributed by atoms with Gasteiger partial charge in [-0.1, -0.05) is 36.4 Å². The molecule has 0 amide bonds. The van der Waals surface area contributed by atoms with Gasteiger partial charge in [0.05, 0.1) is 23.4 Å². The molecule has 3 heteroatoms. The number of fused-ring (bicyclic) bond motifs is 1. The lowest BCUT2D eigenvalue weighted by Gasteiger charge is -2.10. The zero-order valence-electron chi connectivity index (χ0n) is 11.2. The molecule has 0 aliphatic carbocycles. The normalized spacial score (nSPS) is 10.7. The summed E-state index contributed by atoms with van der Waals surface area (Å²) < 4.78 is 13.7. The Bertz CT molecular complexity index is 733. The average Bonchev–Trinajstić information content (AvgIpc) is 2.46. The molecule has 0 atom stereocenters. The lowest BCUT2D eigenvalue weighted by molar-refractivity contribution is 0.629. The molecular weight excluding hydrogens is 251 g/mol. The number of benzene rings is 2. The number of anilines is 1. The summed E-state index contributed by atoms with van der Waals surface area (Å²) in [7, 11) is 0. The largest absolute Gasteiger partial charge is 0.377 e. The van der Waals surface area contributed by atoms with Gasteiger partial charge in [-0.25, -0.2) is 4.39 Å². The topological polar surface area (TPSA) is 24.9 Å². The Kier molecular flexibility index (Phi) is 3.33. The number of hydrogen-bond donors (Lipinski definition) is 1. The van der Waals surface area contributed by atoms with Crippen molar-refractivity contribution in [1.82, 2.24) is 4.98 Å². The fourth-order valence-corrected chi connectivity index (χ4v) is 2.24. The number of pyridine rings is 1. The monoisotopic (exact) mass is 266 g/mol. The van der Waals surface area contributed by atoms with Gasteiger partial charge in [-0.3, -0.25) is 4.98 Å². The molecule has 0 saturated heterocycles. The second-order valence-electron chi connectivity index (χ2n) is 4.78. The van der Waals surface area contributed by atoms with Crippen molar-refractivity contribution in [1.29, 1.82) is 0 Å². The highest BCUT2D eigenvalue weighted by atomic mass is 19.1. The third-order valence-electron chi connectivity index (χ3n) is 3.32. The van der Waals surface area contributed by atoms with Gasteiger partial charge in [-0.05, 0) is 30.7 Å². The van der Waals surface area contributed by atoms with E-state index in [1.165, 1.54) is 6.07 Å². The molecular formula is C17H15FN2. The van der Waals surface area contributed by atoms with Crippen molar-refractivity contribution in [3.8, 4) is 0 Å². The molecule has 0 aliphatic rings. The summed E-state index contributed by atoms with van der Waals surface area (Å²) in [4.78, 5) is 4.56. The smallest absolute Gasteiger partial charge is 0.146 e. The molecule has 3 rings (SSSR count). The molecule has 2 nitrogen and oxygen atoms in total. The van der Waals surface area contributed by atoms with Crippen molar-refractivity contribution < 1.29 is 4.39 Å². The Morgan fingerprint density at radius 3 is 2.70 bits per heavy atom. The maximum Gasteiger partial charge on any atom is 0.146 e. The van der Waals surface area contributed by atoms with Gasteiger partial charge < -0.3 is 5.32 Å². The minimum absolute atomic E-state index is 0.231. The van der Waals surface area contributed by atoms with Crippen molar-refractivity contribution in [2.24, 2.45) is 0 Å². The maximum absolute atomic E-state index is 13.7. The van der Waals surface area contributed by atoms with Gasteiger partial charge in [0, 0.05) is 5.39 Å². The summed E-state index contributed by atoms with van der Waals surface area (Å²) in [6.45, 7) is 2.39. The van der Waals surface area contributed by atoms with E-state index in [4.69, 9.17) is 0 Å². The Hall–Kier alpha value is -2.42. The number of aryl methyl sites for hydroxylation is 1. The number of nitrogens with one attached hydrogen (secondary N) is 1. The summed E-state index contributed by atoms with van der Waals surface area (Å²) in [5.41, 5.74) is 3.29. The lowest BCUT2D eigenvalue weighted by atomic mass is 10.2. The molecule has 0 aliphatic heterocycles. The molecule has 100 valence electrons. The lowest BCUT2D eigenvalue weighted by Crippen LogP contribution is -2.04. The van der Waals surface area contributed by atoms with Crippen LogP contribution in [-0.4, -0.2) is 4.98 Å². The SMILES string of the molecule is Cc1cccc(F)c1NCc1ccc2ccccc2n1. The molecule has 1 heterocycles. The molecule has 3 aromatic rings. The second kappa shape index (κ2) is 5.29. The first kappa shape index (κ1) is 12.6. The van der Waals surface area contributed by atoms with Crippen LogP contribution in [0.3, 0.4) is 0 Å². The third kappa shape index (κ3) is 2.48. The maximum atomic E-state index is 13.7. The first-order valence-electron chi connectivity index (χ1n) is 6.58. The Balaban J connectivity index is 1.83. The molecule has 1 N–H and O–H groups in total. The highest BCUT2D eigenvalue weighted by Gasteiger charge is 2.05. The van der Waals surface area contributed by atoms with Crippen LogP contribution >= 0.6 is 0 Å². The fraction of sp³-hybridized carbons (Fsp3) is 0.118. The highest BCUT2D eigenvalue weighted by Crippen LogP contribution is 2.20. The van der Waals surface area contributed by atoms with E-state index in [-0.39, 0.29) is 5.82 Å². The van der Waals surface area contributed by atoms with Crippen LogP contribution in [0, 0.1) is 12.7 Å². The van der Waals surface area contributed by atoms with E-state index in [1.54, 1.807) is 6.07 Å². The van der Waals surface area contributed by atoms with Crippen molar-refractivity contribution in [3.63, 3.8) is 0 Å². The zero-order valence-corrected chi connectivity index (χ0v) is 11.2. The van der Waals surface area contributed by atoms with Gasteiger partial charge in [-0.2, -0.15) is 0 Å². The first-order valence-corrected chi connectivity index (χ1v) is 6.58. The molecule has 0 unspecified atom stereocenters. The van der Waals surface area contributed by atoms with Crippen molar-refractivity contribution in [3.05, 3.63) is 71.7 Å². The van der Waals surface area contributed by atoms with E-state index in [0.717, 1.165) is 22.2 Å². The molecule has 0 spiro atoms. The van der Waals surface area contributed by atoms with Crippen LogP contribution in [0.15, 0.2) is 54.6 Å². The molecule has 0 bridgehead atoms. The molecule has 20 heavy (non-hydrogen) atoms. The van der Waals surface area contributed by atoms with Crippen LogP contribution in [-0.2, 0) is 6.54 Å². The average molecular weight is 266 g/mol. The van der Waals surface area contributed by atoms with Crippen molar-refractivity contribution in [2.75, 3.05) is 5.32 Å². The van der Waals surface area contributed by atoms with E-state index in [1.807, 2.05) is 49.4 Å². The molecule has 1 aromatic heterocycles. The molecule has 2 aromatic carbocycles. The number of aromatic nitrogens is 1. The first-order chi connectivity index (χ1) is 9.74. The van der Waals surface area contributed by atoms with Gasteiger partial charge in [0.25, 0.3) is 0 Å². The van der Waals surface area contributed by atoms with Gasteiger partial charge in [0.2, 0.25) is 0 Å². The summed E-state index contributed by atoms with van der Waals surface area (Å²) in [6, 6.07) is 17.0. The van der Waals surface area contributed by atoms with Crippen molar-refractivity contribution >= 4 is 16.6 Å². The second-order valence-corrected chi connectivity index (χ2v) is 4.78. The molecule has 0 fully saturated rings. The van der Waals surface area contributed by atoms with Gasteiger partial charge in [-0.15, -0.1) is 0 Å². The predicted octanol–water partition coefficient (Wildman–Crippen LogP) is 4.29. The standard InChI is InChI=1S/C17H15FN2/c1-12-5-4-7-15(18)17(12)19-11-14-10-9-13-6-2-3-8-16(13)20-14/h2-10,19H,11H2,1H3. The third-order valence-corrected chi connectivity index (χ3v) is 3.32. The summed E-state index contributed by atoms with van der Waals surface area (Å²) >= 11 is 0. The Morgan fingerprint density at radius 1 is 1.00 bits per heavy atom.